The summed E-state index contributed by atoms with van der Waals surface area (Å²) in [6.45, 7) is 27.5. The van der Waals surface area contributed by atoms with E-state index in [-0.39, 0.29) is 10.7 Å². The van der Waals surface area contributed by atoms with Gasteiger partial charge in [-0.1, -0.05) is 101 Å². The molecular formula is C23H49ClN2O. The number of rotatable bonds is 3. The molecule has 3 nitrogen and oxygen atoms in total. The lowest BCUT2D eigenvalue weighted by atomic mass is 10.00. The van der Waals surface area contributed by atoms with Gasteiger partial charge < -0.3 is 10.6 Å². The number of nitrogens with zero attached hydrogens (tertiary/aromatic N) is 1. The van der Waals surface area contributed by atoms with Gasteiger partial charge in [-0.3, -0.25) is 4.79 Å². The van der Waals surface area contributed by atoms with Crippen LogP contribution < -0.4 is 5.73 Å². The van der Waals surface area contributed by atoms with Crippen LogP contribution in [0.5, 0.6) is 0 Å². The topological polar surface area (TPSA) is 46.3 Å². The minimum absolute atomic E-state index is 0.285. The maximum absolute atomic E-state index is 10.2. The Kier molecular flexibility index (Phi) is 40.5. The number of nitrogens with two attached hydrogens (primary N) is 1. The minimum atomic E-state index is -0.373. The first-order valence-electron chi connectivity index (χ1n) is 10.4. The standard InChI is InChI=1S/C6H7N.C6H15N.C5H9ClO.3C2H6/c7-6-4-2-1-3-5-6;1-4-7(5-2)6-3;1-5(2,3)4(6)7;3*1-2/h1-5H,7H2;4-6H2,1-3H3;1-3H3;3*1-2H3. The van der Waals surface area contributed by atoms with Crippen LogP contribution in [-0.2, 0) is 4.79 Å². The van der Waals surface area contributed by atoms with E-state index in [0.717, 1.165) is 5.69 Å². The summed E-state index contributed by atoms with van der Waals surface area (Å²) in [6, 6.07) is 9.49. The van der Waals surface area contributed by atoms with Gasteiger partial charge in [0, 0.05) is 11.1 Å². The van der Waals surface area contributed by atoms with Crippen molar-refractivity contribution in [2.75, 3.05) is 25.4 Å². The first-order chi connectivity index (χ1) is 12.7. The van der Waals surface area contributed by atoms with Crippen molar-refractivity contribution in [3.05, 3.63) is 30.3 Å². The predicted octanol–water partition coefficient (Wildman–Crippen LogP) is 7.49. The highest BCUT2D eigenvalue weighted by atomic mass is 35.5. The van der Waals surface area contributed by atoms with E-state index < -0.39 is 0 Å². The molecule has 164 valence electrons. The summed E-state index contributed by atoms with van der Waals surface area (Å²) < 4.78 is 0. The molecule has 0 fully saturated rings. The fourth-order valence-corrected chi connectivity index (χ4v) is 1.12. The number of para-hydroxylation sites is 1. The first kappa shape index (κ1) is 36.8. The van der Waals surface area contributed by atoms with E-state index in [2.05, 4.69) is 25.7 Å². The second-order valence-electron chi connectivity index (χ2n) is 5.55. The lowest BCUT2D eigenvalue weighted by Gasteiger charge is -2.13. The highest BCUT2D eigenvalue weighted by molar-refractivity contribution is 6.64. The summed E-state index contributed by atoms with van der Waals surface area (Å²) in [5.41, 5.74) is 5.81. The summed E-state index contributed by atoms with van der Waals surface area (Å²) in [6.07, 6.45) is 0. The number of benzene rings is 1. The van der Waals surface area contributed by atoms with Crippen LogP contribution in [0.2, 0.25) is 0 Å². The Balaban J connectivity index is -0.0000000785. The zero-order valence-corrected chi connectivity index (χ0v) is 21.1. The average molecular weight is 405 g/mol. The Labute approximate surface area is 176 Å². The maximum atomic E-state index is 10.2. The molecule has 4 heteroatoms. The second-order valence-corrected chi connectivity index (χ2v) is 5.90. The average Bonchev–Trinajstić information content (AvgIpc) is 2.69. The van der Waals surface area contributed by atoms with Gasteiger partial charge in [0.15, 0.2) is 0 Å². The van der Waals surface area contributed by atoms with Gasteiger partial charge in [0.25, 0.3) is 0 Å². The van der Waals surface area contributed by atoms with E-state index in [9.17, 15) is 4.79 Å². The van der Waals surface area contributed by atoms with Crippen LogP contribution in [0, 0.1) is 5.41 Å². The van der Waals surface area contributed by atoms with Gasteiger partial charge in [0.05, 0.1) is 0 Å². The van der Waals surface area contributed by atoms with Crippen LogP contribution in [0.25, 0.3) is 0 Å². The van der Waals surface area contributed by atoms with Gasteiger partial charge in [0.2, 0.25) is 5.24 Å². The first-order valence-corrected chi connectivity index (χ1v) is 10.8. The molecule has 1 aromatic rings. The molecule has 0 aliphatic carbocycles. The normalized spacial score (nSPS) is 8.52. The summed E-state index contributed by atoms with van der Waals surface area (Å²) in [5, 5.41) is -0.285. The van der Waals surface area contributed by atoms with Crippen molar-refractivity contribution < 1.29 is 4.79 Å². The van der Waals surface area contributed by atoms with Crippen molar-refractivity contribution in [2.45, 2.75) is 83.1 Å². The van der Waals surface area contributed by atoms with Crippen molar-refractivity contribution in [3.63, 3.8) is 0 Å². The molecule has 0 amide bonds. The van der Waals surface area contributed by atoms with E-state index in [4.69, 9.17) is 17.3 Å². The Morgan fingerprint density at radius 2 is 1.11 bits per heavy atom. The molecule has 0 unspecified atom stereocenters. The van der Waals surface area contributed by atoms with Gasteiger partial charge >= 0.3 is 0 Å². The molecule has 0 saturated carbocycles. The van der Waals surface area contributed by atoms with Gasteiger partial charge in [0.1, 0.15) is 0 Å². The highest BCUT2D eigenvalue weighted by Crippen LogP contribution is 2.15. The Morgan fingerprint density at radius 3 is 1.19 bits per heavy atom. The number of anilines is 1. The monoisotopic (exact) mass is 404 g/mol. The van der Waals surface area contributed by atoms with Gasteiger partial charge in [-0.15, -0.1) is 0 Å². The lowest BCUT2D eigenvalue weighted by Crippen LogP contribution is -2.21. The van der Waals surface area contributed by atoms with E-state index in [1.54, 1.807) is 20.8 Å². The molecule has 0 atom stereocenters. The van der Waals surface area contributed by atoms with Crippen molar-refractivity contribution in [2.24, 2.45) is 5.41 Å². The van der Waals surface area contributed by atoms with Gasteiger partial charge in [-0.05, 0) is 43.4 Å². The van der Waals surface area contributed by atoms with Crippen molar-refractivity contribution in [1.82, 2.24) is 4.90 Å². The third-order valence-corrected chi connectivity index (χ3v) is 3.30. The van der Waals surface area contributed by atoms with Crippen LogP contribution in [0.15, 0.2) is 30.3 Å². The third kappa shape index (κ3) is 36.6. The summed E-state index contributed by atoms with van der Waals surface area (Å²) in [4.78, 5) is 12.6. The summed E-state index contributed by atoms with van der Waals surface area (Å²) in [5.74, 6) is 0. The van der Waals surface area contributed by atoms with Gasteiger partial charge in [-0.2, -0.15) is 0 Å². The summed E-state index contributed by atoms with van der Waals surface area (Å²) >= 11 is 5.11. The molecule has 1 rings (SSSR count). The number of hydrogen-bond acceptors (Lipinski definition) is 3. The highest BCUT2D eigenvalue weighted by Gasteiger charge is 2.17. The molecule has 0 aliphatic rings. The molecular weight excluding hydrogens is 356 g/mol. The van der Waals surface area contributed by atoms with E-state index in [0.29, 0.717) is 0 Å². The van der Waals surface area contributed by atoms with Crippen LogP contribution >= 0.6 is 11.6 Å². The smallest absolute Gasteiger partial charge is 0.226 e. The number of hydrogen-bond donors (Lipinski definition) is 1. The van der Waals surface area contributed by atoms with Crippen molar-refractivity contribution in [3.8, 4) is 0 Å². The maximum Gasteiger partial charge on any atom is 0.226 e. The molecule has 0 aromatic heterocycles. The lowest BCUT2D eigenvalue weighted by molar-refractivity contribution is -0.118. The SMILES string of the molecule is CC.CC.CC.CC(C)(C)C(=O)Cl.CCN(CC)CC.Nc1ccccc1. The molecule has 1 aromatic carbocycles. The zero-order valence-electron chi connectivity index (χ0n) is 20.3. The molecule has 0 bridgehead atoms. The van der Waals surface area contributed by atoms with Crippen LogP contribution in [0.4, 0.5) is 5.69 Å². The van der Waals surface area contributed by atoms with Crippen molar-refractivity contribution >= 4 is 22.5 Å². The molecule has 0 radical (unpaired) electrons. The predicted molar refractivity (Wildman–Crippen MR) is 129 cm³/mol. The third-order valence-electron chi connectivity index (χ3n) is 2.73. The fourth-order valence-electron chi connectivity index (χ4n) is 1.12. The molecule has 27 heavy (non-hydrogen) atoms. The molecule has 0 heterocycles. The quantitative estimate of drug-likeness (QED) is 0.419. The molecule has 0 spiro atoms. The Hall–Kier alpha value is -1.06. The van der Waals surface area contributed by atoms with Crippen LogP contribution in [-0.4, -0.2) is 29.8 Å². The molecule has 2 N–H and O–H groups in total. The number of halogens is 1. The van der Waals surface area contributed by atoms with Crippen LogP contribution in [0.3, 0.4) is 0 Å². The minimum Gasteiger partial charge on any atom is -0.399 e. The van der Waals surface area contributed by atoms with E-state index in [1.807, 2.05) is 71.9 Å². The molecule has 0 aliphatic heterocycles. The van der Waals surface area contributed by atoms with E-state index in [1.165, 1.54) is 19.6 Å². The Bertz CT molecular complexity index is 353. The molecule has 0 saturated heterocycles. The Morgan fingerprint density at radius 1 is 0.852 bits per heavy atom. The van der Waals surface area contributed by atoms with Gasteiger partial charge in [-0.25, -0.2) is 0 Å². The number of carbonyl (C=O) groups excluding carboxylic acids is 1. The fraction of sp³-hybridized carbons (Fsp3) is 0.696. The van der Waals surface area contributed by atoms with E-state index >= 15 is 0 Å². The number of carbonyl (C=O) groups is 1. The van der Waals surface area contributed by atoms with Crippen molar-refractivity contribution in [1.29, 1.82) is 0 Å². The number of nitrogen functional groups attached to an aromatic ring is 1. The largest absolute Gasteiger partial charge is 0.399 e. The van der Waals surface area contributed by atoms with Crippen LogP contribution in [0.1, 0.15) is 83.1 Å². The zero-order chi connectivity index (χ0) is 22.9. The summed E-state index contributed by atoms with van der Waals surface area (Å²) in [7, 11) is 0. The second kappa shape index (κ2) is 29.7.